The first-order valence-electron chi connectivity index (χ1n) is 9.53. The Hall–Kier alpha value is -2.77. The monoisotopic (exact) mass is 367 g/mol. The quantitative estimate of drug-likeness (QED) is 0.666. The number of aryl methyl sites for hydroxylation is 1. The Morgan fingerprint density at radius 3 is 2.56 bits per heavy atom. The SMILES string of the molecule is COc1ccc(Cc2nc(Cn3nnnc3C)n(C3CCCCC3)n2)cc1. The minimum absolute atomic E-state index is 0.419. The van der Waals surface area contributed by atoms with Crippen molar-refractivity contribution in [2.75, 3.05) is 7.11 Å². The maximum absolute atomic E-state index is 5.23. The van der Waals surface area contributed by atoms with Gasteiger partial charge in [0.2, 0.25) is 0 Å². The van der Waals surface area contributed by atoms with Gasteiger partial charge in [0.05, 0.1) is 13.2 Å². The molecule has 0 N–H and O–H groups in total. The van der Waals surface area contributed by atoms with E-state index in [4.69, 9.17) is 14.8 Å². The van der Waals surface area contributed by atoms with Crippen LogP contribution in [0.5, 0.6) is 5.75 Å². The average Bonchev–Trinajstić information content (AvgIpc) is 3.29. The molecular formula is C19H25N7O. The second kappa shape index (κ2) is 7.85. The van der Waals surface area contributed by atoms with E-state index in [1.165, 1.54) is 24.8 Å². The highest BCUT2D eigenvalue weighted by Crippen LogP contribution is 2.29. The van der Waals surface area contributed by atoms with Crippen LogP contribution in [0.3, 0.4) is 0 Å². The molecule has 0 radical (unpaired) electrons. The molecule has 8 nitrogen and oxygen atoms in total. The van der Waals surface area contributed by atoms with Crippen molar-refractivity contribution >= 4 is 0 Å². The van der Waals surface area contributed by atoms with E-state index in [-0.39, 0.29) is 0 Å². The van der Waals surface area contributed by atoms with Crippen LogP contribution in [0.1, 0.15) is 61.2 Å². The molecule has 1 aliphatic carbocycles. The summed E-state index contributed by atoms with van der Waals surface area (Å²) in [6, 6.07) is 8.48. The number of hydrogen-bond donors (Lipinski definition) is 0. The number of methoxy groups -OCH3 is 1. The molecule has 2 aromatic heterocycles. The van der Waals surface area contributed by atoms with Crippen LogP contribution in [0.25, 0.3) is 0 Å². The smallest absolute Gasteiger partial charge is 0.155 e. The zero-order chi connectivity index (χ0) is 18.6. The van der Waals surface area contributed by atoms with Crippen molar-refractivity contribution in [1.82, 2.24) is 35.0 Å². The fourth-order valence-corrected chi connectivity index (χ4v) is 3.66. The van der Waals surface area contributed by atoms with Crippen LogP contribution in [-0.2, 0) is 13.0 Å². The predicted octanol–water partition coefficient (Wildman–Crippen LogP) is 2.73. The van der Waals surface area contributed by atoms with Gasteiger partial charge in [0.25, 0.3) is 0 Å². The highest BCUT2D eigenvalue weighted by molar-refractivity contribution is 5.28. The van der Waals surface area contributed by atoms with Crippen molar-refractivity contribution in [2.24, 2.45) is 0 Å². The first kappa shape index (κ1) is 17.6. The topological polar surface area (TPSA) is 83.5 Å². The van der Waals surface area contributed by atoms with Gasteiger partial charge in [-0.15, -0.1) is 5.10 Å². The summed E-state index contributed by atoms with van der Waals surface area (Å²) in [5, 5.41) is 16.7. The van der Waals surface area contributed by atoms with E-state index in [9.17, 15) is 0 Å². The van der Waals surface area contributed by atoms with Crippen LogP contribution in [0, 0.1) is 6.92 Å². The van der Waals surface area contributed by atoms with E-state index in [1.807, 2.05) is 19.1 Å². The van der Waals surface area contributed by atoms with Gasteiger partial charge >= 0.3 is 0 Å². The van der Waals surface area contributed by atoms with Gasteiger partial charge < -0.3 is 4.74 Å². The lowest BCUT2D eigenvalue weighted by Gasteiger charge is -2.23. The lowest BCUT2D eigenvalue weighted by atomic mass is 9.95. The highest BCUT2D eigenvalue weighted by atomic mass is 16.5. The normalized spacial score (nSPS) is 15.2. The van der Waals surface area contributed by atoms with E-state index >= 15 is 0 Å². The van der Waals surface area contributed by atoms with Crippen molar-refractivity contribution in [3.05, 3.63) is 47.3 Å². The molecule has 142 valence electrons. The summed E-state index contributed by atoms with van der Waals surface area (Å²) in [6.07, 6.45) is 6.83. The van der Waals surface area contributed by atoms with Crippen molar-refractivity contribution in [2.45, 2.75) is 58.0 Å². The maximum atomic E-state index is 5.23. The third-order valence-electron chi connectivity index (χ3n) is 5.19. The third kappa shape index (κ3) is 3.99. The van der Waals surface area contributed by atoms with E-state index in [2.05, 4.69) is 32.3 Å². The molecule has 4 rings (SSSR count). The summed E-state index contributed by atoms with van der Waals surface area (Å²) in [6.45, 7) is 2.45. The molecule has 1 aromatic carbocycles. The van der Waals surface area contributed by atoms with Gasteiger partial charge in [-0.1, -0.05) is 31.4 Å². The average molecular weight is 367 g/mol. The van der Waals surface area contributed by atoms with Crippen LogP contribution < -0.4 is 4.74 Å². The van der Waals surface area contributed by atoms with Crippen LogP contribution in [0.4, 0.5) is 0 Å². The summed E-state index contributed by atoms with van der Waals surface area (Å²) in [5.41, 5.74) is 1.17. The second-order valence-corrected chi connectivity index (χ2v) is 7.09. The summed E-state index contributed by atoms with van der Waals surface area (Å²) >= 11 is 0. The number of aromatic nitrogens is 7. The Bertz CT molecular complexity index is 878. The number of nitrogens with zero attached hydrogens (tertiary/aromatic N) is 7. The van der Waals surface area contributed by atoms with Gasteiger partial charge in [0.15, 0.2) is 5.82 Å². The molecule has 27 heavy (non-hydrogen) atoms. The van der Waals surface area contributed by atoms with Crippen LogP contribution in [0.2, 0.25) is 0 Å². The van der Waals surface area contributed by atoms with E-state index in [0.29, 0.717) is 19.0 Å². The molecule has 8 heteroatoms. The Kier molecular flexibility index (Phi) is 5.13. The van der Waals surface area contributed by atoms with E-state index < -0.39 is 0 Å². The minimum Gasteiger partial charge on any atom is -0.497 e. The van der Waals surface area contributed by atoms with Crippen LogP contribution in [0.15, 0.2) is 24.3 Å². The summed E-state index contributed by atoms with van der Waals surface area (Å²) in [4.78, 5) is 4.84. The lowest BCUT2D eigenvalue weighted by Crippen LogP contribution is -2.19. The zero-order valence-electron chi connectivity index (χ0n) is 15.9. The number of tetrazole rings is 1. The van der Waals surface area contributed by atoms with Crippen LogP contribution in [-0.4, -0.2) is 42.1 Å². The molecule has 0 amide bonds. The van der Waals surface area contributed by atoms with Gasteiger partial charge in [-0.25, -0.2) is 14.3 Å². The Morgan fingerprint density at radius 1 is 1.11 bits per heavy atom. The summed E-state index contributed by atoms with van der Waals surface area (Å²) in [7, 11) is 1.68. The number of hydrogen-bond acceptors (Lipinski definition) is 6. The third-order valence-corrected chi connectivity index (χ3v) is 5.19. The molecule has 0 spiro atoms. The van der Waals surface area contributed by atoms with Crippen molar-refractivity contribution in [1.29, 1.82) is 0 Å². The molecule has 0 atom stereocenters. The Balaban J connectivity index is 1.60. The standard InChI is InChI=1S/C19H25N7O/c1-14-21-23-24-25(14)13-19-20-18(12-15-8-10-17(27-2)11-9-15)22-26(19)16-6-4-3-5-7-16/h8-11,16H,3-7,12-13H2,1-2H3. The molecule has 0 bridgehead atoms. The van der Waals surface area contributed by atoms with Gasteiger partial charge in [0.1, 0.15) is 23.9 Å². The molecule has 1 fully saturated rings. The summed E-state index contributed by atoms with van der Waals surface area (Å²) in [5.74, 6) is 3.41. The van der Waals surface area contributed by atoms with Gasteiger partial charge in [0, 0.05) is 6.42 Å². The lowest BCUT2D eigenvalue weighted by molar-refractivity contribution is 0.317. The number of benzene rings is 1. The van der Waals surface area contributed by atoms with Gasteiger partial charge in [-0.05, 0) is 47.9 Å². The van der Waals surface area contributed by atoms with Gasteiger partial charge in [-0.3, -0.25) is 0 Å². The fraction of sp³-hybridized carbons (Fsp3) is 0.526. The second-order valence-electron chi connectivity index (χ2n) is 7.09. The van der Waals surface area contributed by atoms with Crippen LogP contribution >= 0.6 is 0 Å². The van der Waals surface area contributed by atoms with E-state index in [1.54, 1.807) is 11.8 Å². The minimum atomic E-state index is 0.419. The molecule has 0 aliphatic heterocycles. The largest absolute Gasteiger partial charge is 0.497 e. The summed E-state index contributed by atoms with van der Waals surface area (Å²) < 4.78 is 9.14. The van der Waals surface area contributed by atoms with Crippen molar-refractivity contribution in [3.8, 4) is 5.75 Å². The zero-order valence-corrected chi connectivity index (χ0v) is 15.9. The fourth-order valence-electron chi connectivity index (χ4n) is 3.66. The Morgan fingerprint density at radius 2 is 1.89 bits per heavy atom. The molecule has 1 saturated carbocycles. The molecule has 2 heterocycles. The molecule has 0 unspecified atom stereocenters. The molecular weight excluding hydrogens is 342 g/mol. The maximum Gasteiger partial charge on any atom is 0.155 e. The first-order valence-corrected chi connectivity index (χ1v) is 9.53. The molecule has 3 aromatic rings. The molecule has 0 saturated heterocycles. The predicted molar refractivity (Wildman–Crippen MR) is 99.6 cm³/mol. The molecule has 1 aliphatic rings. The highest BCUT2D eigenvalue weighted by Gasteiger charge is 2.22. The Labute approximate surface area is 158 Å². The van der Waals surface area contributed by atoms with Gasteiger partial charge in [-0.2, -0.15) is 5.10 Å². The number of rotatable bonds is 6. The van der Waals surface area contributed by atoms with Crippen molar-refractivity contribution < 1.29 is 4.74 Å². The van der Waals surface area contributed by atoms with Crippen molar-refractivity contribution in [3.63, 3.8) is 0 Å². The first-order chi connectivity index (χ1) is 13.2. The number of ether oxygens (including phenoxy) is 1. The van der Waals surface area contributed by atoms with E-state index in [0.717, 1.165) is 36.1 Å².